The van der Waals surface area contributed by atoms with Gasteiger partial charge >= 0.3 is 0 Å². The number of nitrogens with zero attached hydrogens (tertiary/aromatic N) is 1. The van der Waals surface area contributed by atoms with Gasteiger partial charge in [0.05, 0.1) is 4.90 Å². The van der Waals surface area contributed by atoms with E-state index < -0.39 is 10.0 Å². The Labute approximate surface area is 130 Å². The molecule has 1 aromatic carbocycles. The van der Waals surface area contributed by atoms with Crippen LogP contribution in [-0.4, -0.2) is 31.1 Å². The molecule has 1 fully saturated rings. The molecule has 0 radical (unpaired) electrons. The Kier molecular flexibility index (Phi) is 5.26. The lowest BCUT2D eigenvalue weighted by Crippen LogP contribution is -2.40. The van der Waals surface area contributed by atoms with Gasteiger partial charge in [0.25, 0.3) is 0 Å². The molecule has 5 heteroatoms. The summed E-state index contributed by atoms with van der Waals surface area (Å²) in [6.45, 7) is 5.26. The van der Waals surface area contributed by atoms with Crippen molar-refractivity contribution in [3.05, 3.63) is 29.3 Å². The van der Waals surface area contributed by atoms with Gasteiger partial charge in [0.1, 0.15) is 0 Å². The van der Waals surface area contributed by atoms with Crippen molar-refractivity contribution in [3.8, 4) is 0 Å². The Balaban J connectivity index is 2.23. The molecule has 2 rings (SSSR count). The maximum absolute atomic E-state index is 12.7. The molecule has 1 saturated heterocycles. The molecule has 0 aromatic heterocycles. The van der Waals surface area contributed by atoms with Crippen LogP contribution in [0.25, 0.3) is 0 Å². The van der Waals surface area contributed by atoms with Gasteiger partial charge in [-0.05, 0) is 62.3 Å². The summed E-state index contributed by atoms with van der Waals surface area (Å²) in [6, 6.07) is 5.41. The van der Waals surface area contributed by atoms with Gasteiger partial charge in [-0.15, -0.1) is 0 Å². The minimum atomic E-state index is -3.33. The second-order valence-electron chi connectivity index (χ2n) is 5.60. The van der Waals surface area contributed by atoms with Gasteiger partial charge in [-0.1, -0.05) is 22.0 Å². The zero-order valence-electron chi connectivity index (χ0n) is 12.1. The Bertz CT molecular complexity index is 569. The summed E-state index contributed by atoms with van der Waals surface area (Å²) in [5.41, 5.74) is 2.15. The van der Waals surface area contributed by atoms with E-state index in [4.69, 9.17) is 0 Å². The quantitative estimate of drug-likeness (QED) is 0.771. The Hall–Kier alpha value is -0.390. The number of alkyl halides is 1. The van der Waals surface area contributed by atoms with Gasteiger partial charge in [-0.25, -0.2) is 8.42 Å². The van der Waals surface area contributed by atoms with Crippen LogP contribution >= 0.6 is 15.9 Å². The number of rotatable bonds is 4. The van der Waals surface area contributed by atoms with Crippen LogP contribution < -0.4 is 0 Å². The predicted molar refractivity (Wildman–Crippen MR) is 85.8 cm³/mol. The molecule has 1 aliphatic rings. The van der Waals surface area contributed by atoms with Crippen LogP contribution in [0.5, 0.6) is 0 Å². The molecule has 1 aliphatic heterocycles. The van der Waals surface area contributed by atoms with Crippen molar-refractivity contribution in [2.75, 3.05) is 18.4 Å². The van der Waals surface area contributed by atoms with Crippen LogP contribution in [0.15, 0.2) is 23.1 Å². The third-order valence-electron chi connectivity index (χ3n) is 4.12. The number of benzene rings is 1. The van der Waals surface area contributed by atoms with Gasteiger partial charge in [0.2, 0.25) is 10.0 Å². The highest BCUT2D eigenvalue weighted by Crippen LogP contribution is 2.26. The van der Waals surface area contributed by atoms with E-state index in [1.807, 2.05) is 19.9 Å². The minimum Gasteiger partial charge on any atom is -0.207 e. The second kappa shape index (κ2) is 6.58. The highest BCUT2D eigenvalue weighted by Gasteiger charge is 2.29. The summed E-state index contributed by atoms with van der Waals surface area (Å²) in [5.74, 6) is 0.476. The molecule has 1 heterocycles. The summed E-state index contributed by atoms with van der Waals surface area (Å²) >= 11 is 3.45. The highest BCUT2D eigenvalue weighted by molar-refractivity contribution is 9.09. The zero-order valence-corrected chi connectivity index (χ0v) is 14.5. The second-order valence-corrected chi connectivity index (χ2v) is 8.33. The average molecular weight is 360 g/mol. The van der Waals surface area contributed by atoms with Crippen LogP contribution in [-0.2, 0) is 10.0 Å². The lowest BCUT2D eigenvalue weighted by atomic mass is 9.97. The number of hydrogen-bond donors (Lipinski definition) is 0. The molecule has 0 aliphatic carbocycles. The average Bonchev–Trinajstić information content (AvgIpc) is 2.42. The number of piperidine rings is 1. The number of halogens is 1. The van der Waals surface area contributed by atoms with Gasteiger partial charge in [-0.2, -0.15) is 4.31 Å². The normalized spacial score (nSPS) is 21.1. The van der Waals surface area contributed by atoms with Crippen LogP contribution in [0.2, 0.25) is 0 Å². The molecular formula is C15H22BrNO2S. The summed E-state index contributed by atoms with van der Waals surface area (Å²) in [5, 5.41) is 0.940. The van der Waals surface area contributed by atoms with Gasteiger partial charge in [-0.3, -0.25) is 0 Å². The van der Waals surface area contributed by atoms with Crippen molar-refractivity contribution in [2.24, 2.45) is 5.92 Å². The summed E-state index contributed by atoms with van der Waals surface area (Å²) < 4.78 is 27.1. The molecule has 3 nitrogen and oxygen atoms in total. The van der Waals surface area contributed by atoms with Crippen molar-refractivity contribution >= 4 is 26.0 Å². The fourth-order valence-electron chi connectivity index (χ4n) is 2.66. The monoisotopic (exact) mass is 359 g/mol. The first-order chi connectivity index (χ1) is 9.45. The van der Waals surface area contributed by atoms with Crippen molar-refractivity contribution in [1.82, 2.24) is 4.31 Å². The fourth-order valence-corrected chi connectivity index (χ4v) is 4.95. The molecule has 0 spiro atoms. The molecule has 0 saturated carbocycles. The van der Waals surface area contributed by atoms with E-state index in [9.17, 15) is 8.42 Å². The minimum absolute atomic E-state index is 0.431. The van der Waals surface area contributed by atoms with Crippen LogP contribution in [0.1, 0.15) is 30.4 Å². The molecule has 0 bridgehead atoms. The first-order valence-corrected chi connectivity index (χ1v) is 9.64. The van der Waals surface area contributed by atoms with E-state index in [1.165, 1.54) is 0 Å². The Morgan fingerprint density at radius 1 is 1.30 bits per heavy atom. The molecule has 1 aromatic rings. The van der Waals surface area contributed by atoms with Crippen LogP contribution in [0.3, 0.4) is 0 Å². The summed E-state index contributed by atoms with van der Waals surface area (Å²) in [7, 11) is -3.33. The van der Waals surface area contributed by atoms with Crippen molar-refractivity contribution in [1.29, 1.82) is 0 Å². The molecule has 1 unspecified atom stereocenters. The molecular weight excluding hydrogens is 338 g/mol. The first kappa shape index (κ1) is 16.0. The van der Waals surface area contributed by atoms with Crippen molar-refractivity contribution < 1.29 is 8.42 Å². The molecule has 1 atom stereocenters. The standard InChI is InChI=1S/C15H22BrNO2S/c1-12-5-6-15(10-13(12)2)20(18,19)17-9-3-4-14(11-17)7-8-16/h5-6,10,14H,3-4,7-9,11H2,1-2H3. The van der Waals surface area contributed by atoms with Gasteiger partial charge in [0, 0.05) is 18.4 Å². The number of hydrogen-bond acceptors (Lipinski definition) is 2. The maximum Gasteiger partial charge on any atom is 0.243 e. The maximum atomic E-state index is 12.7. The van der Waals surface area contributed by atoms with E-state index in [-0.39, 0.29) is 0 Å². The van der Waals surface area contributed by atoms with Gasteiger partial charge in [0.15, 0.2) is 0 Å². The lowest BCUT2D eigenvalue weighted by molar-refractivity contribution is 0.263. The number of aryl methyl sites for hydroxylation is 2. The predicted octanol–water partition coefficient (Wildman–Crippen LogP) is 3.49. The number of sulfonamides is 1. The third-order valence-corrected chi connectivity index (χ3v) is 6.43. The summed E-state index contributed by atoms with van der Waals surface area (Å²) in [4.78, 5) is 0.431. The van der Waals surface area contributed by atoms with Gasteiger partial charge < -0.3 is 0 Å². The van der Waals surface area contributed by atoms with E-state index >= 15 is 0 Å². The Morgan fingerprint density at radius 2 is 2.05 bits per heavy atom. The SMILES string of the molecule is Cc1ccc(S(=O)(=O)N2CCCC(CCBr)C2)cc1C. The first-order valence-electron chi connectivity index (χ1n) is 7.08. The Morgan fingerprint density at radius 3 is 2.70 bits per heavy atom. The van der Waals surface area contributed by atoms with Crippen LogP contribution in [0, 0.1) is 19.8 Å². The topological polar surface area (TPSA) is 37.4 Å². The summed E-state index contributed by atoms with van der Waals surface area (Å²) in [6.07, 6.45) is 3.13. The van der Waals surface area contributed by atoms with E-state index in [0.29, 0.717) is 23.9 Å². The van der Waals surface area contributed by atoms with E-state index in [0.717, 1.165) is 35.7 Å². The van der Waals surface area contributed by atoms with Crippen LogP contribution in [0.4, 0.5) is 0 Å². The fraction of sp³-hybridized carbons (Fsp3) is 0.600. The molecule has 0 amide bonds. The smallest absolute Gasteiger partial charge is 0.207 e. The molecule has 112 valence electrons. The largest absolute Gasteiger partial charge is 0.243 e. The van der Waals surface area contributed by atoms with E-state index in [2.05, 4.69) is 15.9 Å². The van der Waals surface area contributed by atoms with Crippen molar-refractivity contribution in [3.63, 3.8) is 0 Å². The molecule has 20 heavy (non-hydrogen) atoms. The highest BCUT2D eigenvalue weighted by atomic mass is 79.9. The van der Waals surface area contributed by atoms with Crippen molar-refractivity contribution in [2.45, 2.75) is 38.0 Å². The van der Waals surface area contributed by atoms with E-state index in [1.54, 1.807) is 16.4 Å². The third kappa shape index (κ3) is 3.43. The molecule has 0 N–H and O–H groups in total. The zero-order chi connectivity index (χ0) is 14.8. The lowest BCUT2D eigenvalue weighted by Gasteiger charge is -2.31.